The van der Waals surface area contributed by atoms with Crippen LogP contribution in [0.3, 0.4) is 0 Å². The van der Waals surface area contributed by atoms with Crippen LogP contribution in [-0.2, 0) is 9.59 Å². The van der Waals surface area contributed by atoms with Gasteiger partial charge >= 0.3 is 5.69 Å². The molecule has 1 aliphatic heterocycles. The number of nitrogens with zero attached hydrogens (tertiary/aromatic N) is 3. The minimum Gasteiger partial charge on any atom is -0.507 e. The number of aliphatic hydroxyl groups is 1. The van der Waals surface area contributed by atoms with Crippen molar-refractivity contribution in [2.24, 2.45) is 0 Å². The average Bonchev–Trinajstić information content (AvgIpc) is 3.09. The zero-order valence-electron chi connectivity index (χ0n) is 17.5. The molecule has 1 unspecified atom stereocenters. The Balaban J connectivity index is 1.97. The lowest BCUT2D eigenvalue weighted by molar-refractivity contribution is -0.385. The van der Waals surface area contributed by atoms with E-state index in [2.05, 4.69) is 0 Å². The Morgan fingerprint density at radius 1 is 0.943 bits per heavy atom. The van der Waals surface area contributed by atoms with E-state index in [1.54, 1.807) is 0 Å². The molecule has 0 aliphatic carbocycles. The van der Waals surface area contributed by atoms with Gasteiger partial charge in [0.2, 0.25) is 0 Å². The van der Waals surface area contributed by atoms with Gasteiger partial charge < -0.3 is 10.2 Å². The number of Topliss-reactive ketones (excluding diaryl/α,β-unsaturated/α-hetero) is 1. The molecule has 11 nitrogen and oxygen atoms in total. The first-order valence-corrected chi connectivity index (χ1v) is 9.89. The molecule has 0 radical (unpaired) electrons. The van der Waals surface area contributed by atoms with Crippen LogP contribution in [-0.4, -0.2) is 31.8 Å². The van der Waals surface area contributed by atoms with Crippen molar-refractivity contribution >= 4 is 34.5 Å². The second-order valence-electron chi connectivity index (χ2n) is 7.46. The number of aromatic hydroxyl groups is 1. The second-order valence-corrected chi connectivity index (χ2v) is 7.46. The number of carbonyl (C=O) groups is 2. The standard InChI is InChI=1S/C23H14FN3O8/c24-14-2-1-3-16(11-14)25-20(13-6-9-18(28)17(10-13)27(34)35)19(22(30)23(25)31)21(29)12-4-7-15(8-5-12)26(32)33/h1-11,20,28-29H/b21-19-. The van der Waals surface area contributed by atoms with Gasteiger partial charge in [-0.15, -0.1) is 0 Å². The number of halogens is 1. The molecule has 0 bridgehead atoms. The van der Waals surface area contributed by atoms with Crippen molar-refractivity contribution in [3.63, 3.8) is 0 Å². The van der Waals surface area contributed by atoms with Crippen molar-refractivity contribution in [3.8, 4) is 5.75 Å². The van der Waals surface area contributed by atoms with Crippen molar-refractivity contribution in [3.05, 3.63) is 109 Å². The number of hydrogen-bond acceptors (Lipinski definition) is 8. The highest BCUT2D eigenvalue weighted by atomic mass is 19.1. The van der Waals surface area contributed by atoms with Gasteiger partial charge in [0.15, 0.2) is 5.75 Å². The van der Waals surface area contributed by atoms with Crippen LogP contribution in [0, 0.1) is 26.0 Å². The fourth-order valence-electron chi connectivity index (χ4n) is 3.79. The van der Waals surface area contributed by atoms with E-state index in [9.17, 15) is 44.4 Å². The van der Waals surface area contributed by atoms with Crippen molar-refractivity contribution in [2.75, 3.05) is 4.90 Å². The fraction of sp³-hybridized carbons (Fsp3) is 0.0435. The minimum absolute atomic E-state index is 0.0265. The summed E-state index contributed by atoms with van der Waals surface area (Å²) >= 11 is 0. The molecule has 1 aliphatic rings. The van der Waals surface area contributed by atoms with Gasteiger partial charge in [-0.3, -0.25) is 34.7 Å². The zero-order chi connectivity index (χ0) is 25.4. The van der Waals surface area contributed by atoms with Crippen LogP contribution < -0.4 is 4.90 Å². The molecular weight excluding hydrogens is 465 g/mol. The van der Waals surface area contributed by atoms with E-state index in [1.165, 1.54) is 30.3 Å². The molecule has 0 saturated carbocycles. The third-order valence-corrected chi connectivity index (χ3v) is 5.39. The first-order valence-electron chi connectivity index (χ1n) is 9.89. The monoisotopic (exact) mass is 479 g/mol. The Kier molecular flexibility index (Phi) is 5.71. The van der Waals surface area contributed by atoms with Gasteiger partial charge in [0.05, 0.1) is 21.5 Å². The number of ketones is 1. The molecule has 1 atom stereocenters. The maximum atomic E-state index is 14.0. The zero-order valence-corrected chi connectivity index (χ0v) is 17.5. The summed E-state index contributed by atoms with van der Waals surface area (Å²) in [5, 5.41) is 43.1. The van der Waals surface area contributed by atoms with Gasteiger partial charge in [-0.05, 0) is 42.0 Å². The number of amides is 1. The summed E-state index contributed by atoms with van der Waals surface area (Å²) in [7, 11) is 0. The third-order valence-electron chi connectivity index (χ3n) is 5.39. The number of hydrogen-bond donors (Lipinski definition) is 2. The van der Waals surface area contributed by atoms with E-state index in [1.807, 2.05) is 0 Å². The molecule has 0 spiro atoms. The topological polar surface area (TPSA) is 164 Å². The van der Waals surface area contributed by atoms with Crippen molar-refractivity contribution in [2.45, 2.75) is 6.04 Å². The fourth-order valence-corrected chi connectivity index (χ4v) is 3.79. The lowest BCUT2D eigenvalue weighted by atomic mass is 9.94. The molecule has 1 heterocycles. The molecule has 0 aromatic heterocycles. The molecular formula is C23H14FN3O8. The highest BCUT2D eigenvalue weighted by molar-refractivity contribution is 6.51. The maximum absolute atomic E-state index is 14.0. The SMILES string of the molecule is O=C1C(=O)N(c2cccc(F)c2)C(c2ccc(O)c([N+](=O)[O-])c2)/C1=C(/O)c1ccc([N+](=O)[O-])cc1. The molecule has 1 fully saturated rings. The van der Waals surface area contributed by atoms with Gasteiger partial charge in [-0.1, -0.05) is 12.1 Å². The second kappa shape index (κ2) is 8.67. The highest BCUT2D eigenvalue weighted by Crippen LogP contribution is 2.44. The van der Waals surface area contributed by atoms with Crippen molar-refractivity contribution in [1.82, 2.24) is 0 Å². The van der Waals surface area contributed by atoms with Gasteiger partial charge in [0.25, 0.3) is 17.4 Å². The third kappa shape index (κ3) is 4.04. The predicted molar refractivity (Wildman–Crippen MR) is 119 cm³/mol. The Morgan fingerprint density at radius 2 is 1.63 bits per heavy atom. The van der Waals surface area contributed by atoms with Crippen LogP contribution in [0.15, 0.2) is 72.3 Å². The molecule has 3 aromatic carbocycles. The van der Waals surface area contributed by atoms with Gasteiger partial charge in [0, 0.05) is 29.4 Å². The number of carbonyl (C=O) groups excluding carboxylic acids is 2. The first kappa shape index (κ1) is 23.0. The summed E-state index contributed by atoms with van der Waals surface area (Å²) in [6, 6.07) is 10.9. The van der Waals surface area contributed by atoms with Gasteiger partial charge in [0.1, 0.15) is 11.6 Å². The number of nitro benzene ring substituents is 2. The molecule has 1 amide bonds. The first-order chi connectivity index (χ1) is 16.6. The van der Waals surface area contributed by atoms with E-state index in [-0.39, 0.29) is 22.5 Å². The smallest absolute Gasteiger partial charge is 0.311 e. The number of benzene rings is 3. The van der Waals surface area contributed by atoms with Crippen molar-refractivity contribution < 1.29 is 34.0 Å². The molecule has 3 aromatic rings. The van der Waals surface area contributed by atoms with Gasteiger partial charge in [-0.2, -0.15) is 0 Å². The van der Waals surface area contributed by atoms with Crippen LogP contribution in [0.2, 0.25) is 0 Å². The van der Waals surface area contributed by atoms with E-state index in [0.717, 1.165) is 41.3 Å². The number of aliphatic hydroxyl groups excluding tert-OH is 1. The van der Waals surface area contributed by atoms with E-state index < -0.39 is 56.2 Å². The number of non-ortho nitro benzene ring substituents is 1. The Bertz CT molecular complexity index is 1430. The van der Waals surface area contributed by atoms with Crippen molar-refractivity contribution in [1.29, 1.82) is 0 Å². The summed E-state index contributed by atoms with van der Waals surface area (Å²) in [5.74, 6) is -4.39. The Morgan fingerprint density at radius 3 is 2.23 bits per heavy atom. The summed E-state index contributed by atoms with van der Waals surface area (Å²) in [6.45, 7) is 0. The number of nitro groups is 2. The lowest BCUT2D eigenvalue weighted by Crippen LogP contribution is -2.29. The minimum atomic E-state index is -1.44. The molecule has 176 valence electrons. The quantitative estimate of drug-likeness (QED) is 0.182. The molecule has 35 heavy (non-hydrogen) atoms. The molecule has 4 rings (SSSR count). The van der Waals surface area contributed by atoms with Crippen LogP contribution in [0.1, 0.15) is 17.2 Å². The maximum Gasteiger partial charge on any atom is 0.311 e. The van der Waals surface area contributed by atoms with Crippen LogP contribution >= 0.6 is 0 Å². The lowest BCUT2D eigenvalue weighted by Gasteiger charge is -2.25. The largest absolute Gasteiger partial charge is 0.507 e. The summed E-state index contributed by atoms with van der Waals surface area (Å²) in [6.07, 6.45) is 0. The Hall–Kier alpha value is -5.13. The van der Waals surface area contributed by atoms with E-state index >= 15 is 0 Å². The van der Waals surface area contributed by atoms with Crippen LogP contribution in [0.5, 0.6) is 5.75 Å². The summed E-state index contributed by atoms with van der Waals surface area (Å²) in [5.41, 5.74) is -1.61. The normalized spacial score (nSPS) is 16.9. The van der Waals surface area contributed by atoms with Gasteiger partial charge in [-0.25, -0.2) is 4.39 Å². The highest BCUT2D eigenvalue weighted by Gasteiger charge is 2.47. The van der Waals surface area contributed by atoms with Crippen LogP contribution in [0.4, 0.5) is 21.5 Å². The van der Waals surface area contributed by atoms with E-state index in [4.69, 9.17) is 0 Å². The number of rotatable bonds is 5. The number of phenolic OH excluding ortho intramolecular Hbond substituents is 1. The van der Waals surface area contributed by atoms with Crippen LogP contribution in [0.25, 0.3) is 5.76 Å². The predicted octanol–water partition coefficient (Wildman–Crippen LogP) is 3.97. The molecule has 1 saturated heterocycles. The average molecular weight is 479 g/mol. The number of anilines is 1. The van der Waals surface area contributed by atoms with E-state index in [0.29, 0.717) is 0 Å². The number of phenols is 1. The summed E-state index contributed by atoms with van der Waals surface area (Å²) < 4.78 is 14.0. The molecule has 2 N–H and O–H groups in total. The summed E-state index contributed by atoms with van der Waals surface area (Å²) in [4.78, 5) is 47.7. The Labute approximate surface area is 195 Å². The molecule has 12 heteroatoms.